The van der Waals surface area contributed by atoms with E-state index < -0.39 is 10.2 Å². The molecule has 7 nitrogen and oxygen atoms in total. The molecule has 0 radical (unpaired) electrons. The Kier molecular flexibility index (Phi) is 5.51. The zero-order chi connectivity index (χ0) is 20.5. The molecule has 29 heavy (non-hydrogen) atoms. The number of nitrogens with one attached hydrogen (secondary N) is 1. The Balaban J connectivity index is 1.55. The third-order valence-electron chi connectivity index (χ3n) is 5.05. The van der Waals surface area contributed by atoms with Crippen LogP contribution in [0.1, 0.15) is 35.8 Å². The molecule has 0 unspecified atom stereocenters. The molecule has 1 N–H and O–H groups in total. The van der Waals surface area contributed by atoms with Crippen LogP contribution in [0, 0.1) is 17.0 Å². The minimum Gasteiger partial charge on any atom is -0.325 e. The second-order valence-electron chi connectivity index (χ2n) is 7.08. The number of nitro benzene ring substituents is 1. The number of benzene rings is 1. The summed E-state index contributed by atoms with van der Waals surface area (Å²) in [6.45, 7) is 3.49. The maximum absolute atomic E-state index is 12.7. The first-order valence-corrected chi connectivity index (χ1v) is 11.1. The summed E-state index contributed by atoms with van der Waals surface area (Å²) in [5, 5.41) is 15.4. The number of hydrogen-bond acceptors (Lipinski definition) is 7. The second kappa shape index (κ2) is 8.08. The van der Waals surface area contributed by atoms with Crippen molar-refractivity contribution in [3.05, 3.63) is 50.6 Å². The molecule has 3 aromatic rings. The van der Waals surface area contributed by atoms with E-state index in [0.717, 1.165) is 28.1 Å². The van der Waals surface area contributed by atoms with Crippen LogP contribution in [0.4, 0.5) is 11.4 Å². The van der Waals surface area contributed by atoms with Gasteiger partial charge in [0.1, 0.15) is 16.2 Å². The highest BCUT2D eigenvalue weighted by Gasteiger charge is 2.23. The Morgan fingerprint density at radius 1 is 1.31 bits per heavy atom. The average molecular weight is 429 g/mol. The summed E-state index contributed by atoms with van der Waals surface area (Å²) in [5.74, 6) is -0.219. The summed E-state index contributed by atoms with van der Waals surface area (Å²) in [6.07, 6.45) is 6.05. The monoisotopic (exact) mass is 428 g/mol. The normalized spacial score (nSPS) is 14.4. The molecule has 0 aliphatic heterocycles. The van der Waals surface area contributed by atoms with Gasteiger partial charge in [-0.05, 0) is 51.2 Å². The van der Waals surface area contributed by atoms with Gasteiger partial charge < -0.3 is 5.32 Å². The van der Waals surface area contributed by atoms with Crippen molar-refractivity contribution in [2.45, 2.75) is 49.8 Å². The lowest BCUT2D eigenvalue weighted by Crippen LogP contribution is -2.22. The maximum atomic E-state index is 12.7. The van der Waals surface area contributed by atoms with Crippen LogP contribution in [0.25, 0.3) is 10.2 Å². The zero-order valence-corrected chi connectivity index (χ0v) is 17.7. The van der Waals surface area contributed by atoms with Gasteiger partial charge in [-0.15, -0.1) is 11.3 Å². The van der Waals surface area contributed by atoms with Crippen molar-refractivity contribution < 1.29 is 9.72 Å². The number of carbonyl (C=O) groups is 1. The van der Waals surface area contributed by atoms with Gasteiger partial charge in [0.2, 0.25) is 5.91 Å². The summed E-state index contributed by atoms with van der Waals surface area (Å²) >= 11 is 3.13. The van der Waals surface area contributed by atoms with Crippen LogP contribution >= 0.6 is 23.1 Å². The molecule has 0 bridgehead atoms. The van der Waals surface area contributed by atoms with Crippen LogP contribution in [0.15, 0.2) is 29.6 Å². The fourth-order valence-corrected chi connectivity index (χ4v) is 5.74. The van der Waals surface area contributed by atoms with Crippen molar-refractivity contribution in [1.29, 1.82) is 0 Å². The van der Waals surface area contributed by atoms with Crippen LogP contribution in [0.2, 0.25) is 0 Å². The van der Waals surface area contributed by atoms with Crippen LogP contribution in [0.3, 0.4) is 0 Å². The van der Waals surface area contributed by atoms with E-state index in [9.17, 15) is 14.9 Å². The molecule has 1 aliphatic carbocycles. The van der Waals surface area contributed by atoms with Gasteiger partial charge in [0.05, 0.1) is 10.2 Å². The average Bonchev–Trinajstić information content (AvgIpc) is 3.08. The van der Waals surface area contributed by atoms with Crippen molar-refractivity contribution in [2.24, 2.45) is 0 Å². The Morgan fingerprint density at radius 2 is 2.10 bits per heavy atom. The lowest BCUT2D eigenvalue weighted by molar-refractivity contribution is -0.385. The number of nitro groups is 1. The molecule has 150 valence electrons. The predicted octanol–water partition coefficient (Wildman–Crippen LogP) is 4.91. The first kappa shape index (κ1) is 19.8. The van der Waals surface area contributed by atoms with Crippen molar-refractivity contribution >= 4 is 50.6 Å². The zero-order valence-electron chi connectivity index (χ0n) is 16.1. The van der Waals surface area contributed by atoms with Crippen LogP contribution in [0.5, 0.6) is 0 Å². The van der Waals surface area contributed by atoms with Gasteiger partial charge in [-0.1, -0.05) is 17.8 Å². The summed E-state index contributed by atoms with van der Waals surface area (Å²) in [6, 6.07) is 4.70. The molecule has 9 heteroatoms. The molecule has 1 atom stereocenters. The summed E-state index contributed by atoms with van der Waals surface area (Å²) < 4.78 is 0. The molecule has 1 aliphatic rings. The number of thioether (sulfide) groups is 1. The third kappa shape index (κ3) is 3.97. The van der Waals surface area contributed by atoms with E-state index in [-0.39, 0.29) is 11.6 Å². The van der Waals surface area contributed by atoms with Crippen LogP contribution < -0.4 is 5.32 Å². The highest BCUT2D eigenvalue weighted by atomic mass is 32.2. The Morgan fingerprint density at radius 3 is 2.90 bits per heavy atom. The number of fused-ring (bicyclic) bond motifs is 3. The van der Waals surface area contributed by atoms with Crippen molar-refractivity contribution in [3.63, 3.8) is 0 Å². The van der Waals surface area contributed by atoms with E-state index >= 15 is 0 Å². The quantitative estimate of drug-likeness (QED) is 0.268. The minimum atomic E-state index is -0.444. The van der Waals surface area contributed by atoms with E-state index in [1.807, 2.05) is 6.92 Å². The largest absolute Gasteiger partial charge is 0.325 e. The van der Waals surface area contributed by atoms with Gasteiger partial charge in [0.25, 0.3) is 5.69 Å². The van der Waals surface area contributed by atoms with Crippen molar-refractivity contribution in [2.75, 3.05) is 5.32 Å². The topological polar surface area (TPSA) is 98.0 Å². The maximum Gasteiger partial charge on any atom is 0.274 e. The predicted molar refractivity (Wildman–Crippen MR) is 116 cm³/mol. The molecule has 0 fully saturated rings. The number of nitrogens with zero attached hydrogens (tertiary/aromatic N) is 3. The molecule has 2 heterocycles. The number of aryl methyl sites for hydroxylation is 3. The van der Waals surface area contributed by atoms with E-state index in [2.05, 4.69) is 15.3 Å². The van der Waals surface area contributed by atoms with E-state index in [0.29, 0.717) is 11.3 Å². The fourth-order valence-electron chi connectivity index (χ4n) is 3.50. The van der Waals surface area contributed by atoms with Gasteiger partial charge >= 0.3 is 0 Å². The van der Waals surface area contributed by atoms with Gasteiger partial charge in [0, 0.05) is 27.6 Å². The SMILES string of the molecule is Cc1ccc(NC(=O)[C@H](C)Sc2ncnc3sc4c(c23)CCCC4)cc1[N+](=O)[O-]. The Labute approximate surface area is 176 Å². The molecule has 1 amide bonds. The summed E-state index contributed by atoms with van der Waals surface area (Å²) in [5.41, 5.74) is 2.30. The minimum absolute atomic E-state index is 0.00878. The van der Waals surface area contributed by atoms with Crippen molar-refractivity contribution in [3.8, 4) is 0 Å². The number of anilines is 1. The van der Waals surface area contributed by atoms with Crippen molar-refractivity contribution in [1.82, 2.24) is 9.97 Å². The number of hydrogen-bond donors (Lipinski definition) is 1. The van der Waals surface area contributed by atoms with Crippen LogP contribution in [-0.4, -0.2) is 26.0 Å². The van der Waals surface area contributed by atoms with E-state index in [1.54, 1.807) is 36.7 Å². The molecule has 0 saturated carbocycles. The highest BCUT2D eigenvalue weighted by molar-refractivity contribution is 8.00. The first-order chi connectivity index (χ1) is 13.9. The first-order valence-electron chi connectivity index (χ1n) is 9.42. The molecular formula is C20H20N4O3S2. The lowest BCUT2D eigenvalue weighted by atomic mass is 9.97. The van der Waals surface area contributed by atoms with Crippen LogP contribution in [-0.2, 0) is 17.6 Å². The summed E-state index contributed by atoms with van der Waals surface area (Å²) in [7, 11) is 0. The molecule has 4 rings (SSSR count). The van der Waals surface area contributed by atoms with Gasteiger partial charge in [-0.25, -0.2) is 9.97 Å². The molecule has 2 aromatic heterocycles. The molecule has 0 spiro atoms. The Hall–Kier alpha value is -2.52. The number of thiophene rings is 1. The van der Waals surface area contributed by atoms with Gasteiger partial charge in [-0.3, -0.25) is 14.9 Å². The number of amides is 1. The van der Waals surface area contributed by atoms with Gasteiger partial charge in [0.15, 0.2) is 0 Å². The Bertz CT molecular complexity index is 1110. The van der Waals surface area contributed by atoms with Gasteiger partial charge in [-0.2, -0.15) is 0 Å². The molecule has 0 saturated heterocycles. The smallest absolute Gasteiger partial charge is 0.274 e. The molecule has 1 aromatic carbocycles. The standard InChI is InChI=1S/C20H20N4O3S2/c1-11-7-8-13(9-15(11)24(26)27)23-18(25)12(2)28-19-17-14-5-3-4-6-16(14)29-20(17)22-10-21-19/h7-10,12H,3-6H2,1-2H3,(H,23,25)/t12-/m0/s1. The summed E-state index contributed by atoms with van der Waals surface area (Å²) in [4.78, 5) is 34.6. The van der Waals surface area contributed by atoms with E-state index in [4.69, 9.17) is 0 Å². The second-order valence-corrected chi connectivity index (χ2v) is 9.49. The van der Waals surface area contributed by atoms with E-state index in [1.165, 1.54) is 41.1 Å². The highest BCUT2D eigenvalue weighted by Crippen LogP contribution is 2.40. The number of aromatic nitrogens is 2. The fraction of sp³-hybridized carbons (Fsp3) is 0.350. The molecular weight excluding hydrogens is 408 g/mol. The number of carbonyl (C=O) groups excluding carboxylic acids is 1. The lowest BCUT2D eigenvalue weighted by Gasteiger charge is -2.14. The third-order valence-corrected chi connectivity index (χ3v) is 7.35. The number of rotatable bonds is 5.